The van der Waals surface area contributed by atoms with Crippen molar-refractivity contribution in [2.24, 2.45) is 0 Å². The summed E-state index contributed by atoms with van der Waals surface area (Å²) in [5.41, 5.74) is 0.0797. The topological polar surface area (TPSA) is 80.0 Å². The molecule has 120 valence electrons. The Labute approximate surface area is 129 Å². The average molecular weight is 306 g/mol. The van der Waals surface area contributed by atoms with Gasteiger partial charge in [-0.05, 0) is 33.3 Å². The van der Waals surface area contributed by atoms with E-state index in [1.807, 2.05) is 18.0 Å². The molecule has 22 heavy (non-hydrogen) atoms. The number of carbonyl (C=O) groups is 1. The number of esters is 1. The van der Waals surface area contributed by atoms with Crippen molar-refractivity contribution in [1.29, 1.82) is 0 Å². The molecule has 0 atom stereocenters. The zero-order valence-electron chi connectivity index (χ0n) is 13.4. The summed E-state index contributed by atoms with van der Waals surface area (Å²) in [5, 5.41) is 13.9. The molecule has 0 spiro atoms. The quantitative estimate of drug-likeness (QED) is 0.815. The summed E-state index contributed by atoms with van der Waals surface area (Å²) >= 11 is 0. The van der Waals surface area contributed by atoms with E-state index in [0.717, 1.165) is 0 Å². The fourth-order valence-electron chi connectivity index (χ4n) is 1.98. The molecular formula is C15H22N4O3. The lowest BCUT2D eigenvalue weighted by molar-refractivity contribution is 0.0528. The predicted molar refractivity (Wildman–Crippen MR) is 83.1 cm³/mol. The van der Waals surface area contributed by atoms with Crippen LogP contribution in [0.2, 0.25) is 0 Å². The minimum atomic E-state index is -0.731. The number of aromatic nitrogens is 3. The molecular weight excluding hydrogens is 284 g/mol. The predicted octanol–water partition coefficient (Wildman–Crippen LogP) is 1.50. The van der Waals surface area contributed by atoms with Crippen LogP contribution in [0, 0.1) is 0 Å². The minimum Gasteiger partial charge on any atom is -0.462 e. The lowest BCUT2D eigenvalue weighted by Gasteiger charge is -2.23. The second-order valence-electron chi connectivity index (χ2n) is 5.82. The molecule has 0 aliphatic heterocycles. The Bertz CT molecular complexity index is 660. The van der Waals surface area contributed by atoms with Gasteiger partial charge in [-0.1, -0.05) is 0 Å². The Morgan fingerprint density at radius 2 is 2.23 bits per heavy atom. The fraction of sp³-hybridized carbons (Fsp3) is 0.533. The third-order valence-corrected chi connectivity index (χ3v) is 3.30. The highest BCUT2D eigenvalue weighted by atomic mass is 16.5. The van der Waals surface area contributed by atoms with Gasteiger partial charge in [-0.3, -0.25) is 0 Å². The van der Waals surface area contributed by atoms with Crippen molar-refractivity contribution in [2.45, 2.75) is 32.8 Å². The van der Waals surface area contributed by atoms with Crippen LogP contribution in [-0.4, -0.2) is 51.5 Å². The van der Waals surface area contributed by atoms with E-state index < -0.39 is 11.6 Å². The monoisotopic (exact) mass is 306 g/mol. The second kappa shape index (κ2) is 6.31. The standard InChI is InChI=1S/C15H22N4O3/c1-5-22-14(20)11-10-16-19-8-6-12(17-13(11)19)18(4)9-7-15(2,3)21/h6,8,10,21H,5,7,9H2,1-4H3. The maximum absolute atomic E-state index is 11.9. The van der Waals surface area contributed by atoms with Gasteiger partial charge in [0.1, 0.15) is 11.4 Å². The van der Waals surface area contributed by atoms with Crippen molar-refractivity contribution in [1.82, 2.24) is 14.6 Å². The largest absolute Gasteiger partial charge is 0.462 e. The molecule has 2 rings (SSSR count). The van der Waals surface area contributed by atoms with Gasteiger partial charge in [-0.2, -0.15) is 5.10 Å². The zero-order valence-corrected chi connectivity index (χ0v) is 13.4. The number of carbonyl (C=O) groups excluding carboxylic acids is 1. The number of hydrogen-bond donors (Lipinski definition) is 1. The molecule has 0 unspecified atom stereocenters. The fourth-order valence-corrected chi connectivity index (χ4v) is 1.98. The van der Waals surface area contributed by atoms with Crippen LogP contribution in [0.15, 0.2) is 18.5 Å². The SMILES string of the molecule is CCOC(=O)c1cnn2ccc(N(C)CCC(C)(C)O)nc12. The minimum absolute atomic E-state index is 0.307. The number of anilines is 1. The van der Waals surface area contributed by atoms with Crippen LogP contribution < -0.4 is 4.90 Å². The first kappa shape index (κ1) is 16.2. The van der Waals surface area contributed by atoms with Crippen LogP contribution in [0.4, 0.5) is 5.82 Å². The van der Waals surface area contributed by atoms with Crippen LogP contribution in [0.3, 0.4) is 0 Å². The van der Waals surface area contributed by atoms with Gasteiger partial charge < -0.3 is 14.7 Å². The smallest absolute Gasteiger partial charge is 0.343 e. The Morgan fingerprint density at radius 3 is 2.86 bits per heavy atom. The summed E-state index contributed by atoms with van der Waals surface area (Å²) in [6.07, 6.45) is 3.82. The Hall–Kier alpha value is -2.15. The summed E-state index contributed by atoms with van der Waals surface area (Å²) < 4.78 is 6.55. The van der Waals surface area contributed by atoms with E-state index in [-0.39, 0.29) is 0 Å². The van der Waals surface area contributed by atoms with E-state index in [9.17, 15) is 9.90 Å². The van der Waals surface area contributed by atoms with Crippen LogP contribution in [0.1, 0.15) is 37.6 Å². The average Bonchev–Trinajstić information content (AvgIpc) is 2.87. The Balaban J connectivity index is 2.25. The van der Waals surface area contributed by atoms with Gasteiger partial charge in [0.2, 0.25) is 0 Å². The van der Waals surface area contributed by atoms with E-state index in [4.69, 9.17) is 4.74 Å². The molecule has 7 nitrogen and oxygen atoms in total. The number of nitrogens with zero attached hydrogens (tertiary/aromatic N) is 4. The molecule has 2 heterocycles. The second-order valence-corrected chi connectivity index (χ2v) is 5.82. The van der Waals surface area contributed by atoms with Crippen molar-refractivity contribution >= 4 is 17.4 Å². The first-order valence-corrected chi connectivity index (χ1v) is 7.27. The van der Waals surface area contributed by atoms with Gasteiger partial charge >= 0.3 is 5.97 Å². The lowest BCUT2D eigenvalue weighted by atomic mass is 10.1. The van der Waals surface area contributed by atoms with Gasteiger partial charge in [0, 0.05) is 19.8 Å². The maximum atomic E-state index is 11.9. The van der Waals surface area contributed by atoms with E-state index in [1.54, 1.807) is 31.5 Å². The summed E-state index contributed by atoms with van der Waals surface area (Å²) in [6.45, 7) is 6.25. The summed E-state index contributed by atoms with van der Waals surface area (Å²) in [7, 11) is 1.89. The van der Waals surface area contributed by atoms with E-state index in [1.165, 1.54) is 6.20 Å². The molecule has 0 amide bonds. The number of hydrogen-bond acceptors (Lipinski definition) is 6. The molecule has 1 N–H and O–H groups in total. The van der Waals surface area contributed by atoms with Gasteiger partial charge in [0.15, 0.2) is 5.65 Å². The molecule has 0 radical (unpaired) electrons. The number of rotatable bonds is 6. The highest BCUT2D eigenvalue weighted by molar-refractivity contribution is 5.95. The van der Waals surface area contributed by atoms with Gasteiger partial charge in [0.05, 0.1) is 18.4 Å². The molecule has 2 aromatic heterocycles. The highest BCUT2D eigenvalue weighted by Gasteiger charge is 2.17. The summed E-state index contributed by atoms with van der Waals surface area (Å²) in [6, 6.07) is 1.82. The van der Waals surface area contributed by atoms with Crippen molar-refractivity contribution in [3.63, 3.8) is 0 Å². The molecule has 7 heteroatoms. The lowest BCUT2D eigenvalue weighted by Crippen LogP contribution is -2.28. The Morgan fingerprint density at radius 1 is 1.50 bits per heavy atom. The molecule has 0 aliphatic rings. The third-order valence-electron chi connectivity index (χ3n) is 3.30. The van der Waals surface area contributed by atoms with Gasteiger partial charge in [-0.25, -0.2) is 14.3 Å². The van der Waals surface area contributed by atoms with Gasteiger partial charge in [-0.15, -0.1) is 0 Å². The van der Waals surface area contributed by atoms with Crippen molar-refractivity contribution in [3.05, 3.63) is 24.0 Å². The molecule has 0 aromatic carbocycles. The zero-order chi connectivity index (χ0) is 16.3. The summed E-state index contributed by atoms with van der Waals surface area (Å²) in [5.74, 6) is 0.282. The van der Waals surface area contributed by atoms with Crippen molar-refractivity contribution in [2.75, 3.05) is 25.1 Å². The molecule has 2 aromatic rings. The Kier molecular flexibility index (Phi) is 4.65. The van der Waals surface area contributed by atoms with Crippen LogP contribution in [-0.2, 0) is 4.74 Å². The normalized spacial score (nSPS) is 11.7. The first-order valence-electron chi connectivity index (χ1n) is 7.27. The maximum Gasteiger partial charge on any atom is 0.343 e. The number of fused-ring (bicyclic) bond motifs is 1. The van der Waals surface area contributed by atoms with Crippen molar-refractivity contribution in [3.8, 4) is 0 Å². The van der Waals surface area contributed by atoms with Crippen LogP contribution in [0.25, 0.3) is 5.65 Å². The molecule has 0 aliphatic carbocycles. The summed E-state index contributed by atoms with van der Waals surface area (Å²) in [4.78, 5) is 18.3. The van der Waals surface area contributed by atoms with Gasteiger partial charge in [0.25, 0.3) is 0 Å². The molecule has 0 saturated heterocycles. The first-order chi connectivity index (χ1) is 10.3. The van der Waals surface area contributed by atoms with E-state index in [0.29, 0.717) is 36.6 Å². The van der Waals surface area contributed by atoms with Crippen LogP contribution in [0.5, 0.6) is 0 Å². The molecule has 0 bridgehead atoms. The molecule has 0 saturated carbocycles. The number of aliphatic hydroxyl groups is 1. The van der Waals surface area contributed by atoms with E-state index in [2.05, 4.69) is 10.1 Å². The highest BCUT2D eigenvalue weighted by Crippen LogP contribution is 2.17. The van der Waals surface area contributed by atoms with Crippen molar-refractivity contribution < 1.29 is 14.6 Å². The number of ether oxygens (including phenoxy) is 1. The van der Waals surface area contributed by atoms with Crippen LogP contribution >= 0.6 is 0 Å². The van der Waals surface area contributed by atoms with E-state index >= 15 is 0 Å². The third kappa shape index (κ3) is 3.73. The molecule has 0 fully saturated rings.